The largest absolute Gasteiger partial charge is 0.481 e. The molecular weight excluding hydrogens is 630 g/mol. The van der Waals surface area contributed by atoms with E-state index in [2.05, 4.69) is 53.4 Å². The first-order valence-corrected chi connectivity index (χ1v) is 19.9. The molecule has 0 aromatic rings. The molecule has 0 bridgehead atoms. The number of carbonyl (C=O) groups excluding carboxylic acids is 2. The van der Waals surface area contributed by atoms with E-state index >= 15 is 0 Å². The van der Waals surface area contributed by atoms with Crippen LogP contribution in [0.15, 0.2) is 11.1 Å². The highest BCUT2D eigenvalue weighted by Gasteiger charge is 2.71. The van der Waals surface area contributed by atoms with Crippen LogP contribution in [-0.2, 0) is 19.1 Å². The molecule has 0 aromatic carbocycles. The number of rotatable bonds is 8. The Morgan fingerprint density at radius 3 is 2.28 bits per heavy atom. The SMILES string of the molecule is CC(C)C1=C2[C@H]3CC[C@@H]4[C@@]5(C)CC[C@H](OC(=O)CC(C)(C)C(=O)O)C(C)(C)[C@@H]5CC[C@@]4(C)[C@]3(C)CC[C@@]2([C@H](O)CN2CCCC(O)C2)CC1=O. The van der Waals surface area contributed by atoms with E-state index in [1.165, 1.54) is 5.57 Å². The molecule has 8 nitrogen and oxygen atoms in total. The van der Waals surface area contributed by atoms with E-state index in [0.717, 1.165) is 76.3 Å². The predicted octanol–water partition coefficient (Wildman–Crippen LogP) is 7.20. The molecule has 4 saturated carbocycles. The normalized spacial score (nSPS) is 42.3. The van der Waals surface area contributed by atoms with E-state index in [0.29, 0.717) is 31.3 Å². The third-order valence-corrected chi connectivity index (χ3v) is 16.4. The molecule has 6 rings (SSSR count). The number of β-amino-alcohol motifs (C(OH)–C–C–N with tert-alkyl or cyclic N) is 2. The Kier molecular flexibility index (Phi) is 9.63. The Hall–Kier alpha value is -1.77. The highest BCUT2D eigenvalue weighted by atomic mass is 16.5. The van der Waals surface area contributed by atoms with Crippen LogP contribution in [0, 0.1) is 56.2 Å². The number of carboxylic acids is 1. The molecule has 1 heterocycles. The van der Waals surface area contributed by atoms with Crippen molar-refractivity contribution >= 4 is 17.7 Å². The van der Waals surface area contributed by atoms with Gasteiger partial charge in [-0.15, -0.1) is 0 Å². The number of aliphatic hydroxyl groups excluding tert-OH is 2. The third kappa shape index (κ3) is 5.66. The van der Waals surface area contributed by atoms with Crippen LogP contribution < -0.4 is 0 Å². The number of allylic oxidation sites excluding steroid dienone is 1. The molecule has 0 radical (unpaired) electrons. The van der Waals surface area contributed by atoms with Gasteiger partial charge in [0.1, 0.15) is 6.10 Å². The summed E-state index contributed by atoms with van der Waals surface area (Å²) in [6, 6.07) is 0. The van der Waals surface area contributed by atoms with Gasteiger partial charge in [-0.25, -0.2) is 0 Å². The van der Waals surface area contributed by atoms with E-state index in [-0.39, 0.29) is 57.9 Å². The first-order chi connectivity index (χ1) is 23.1. The number of ketones is 1. The van der Waals surface area contributed by atoms with Crippen molar-refractivity contribution in [3.8, 4) is 0 Å². The predicted molar refractivity (Wildman–Crippen MR) is 193 cm³/mol. The van der Waals surface area contributed by atoms with Gasteiger partial charge < -0.3 is 20.1 Å². The molecule has 10 atom stereocenters. The van der Waals surface area contributed by atoms with Gasteiger partial charge in [-0.3, -0.25) is 19.3 Å². The summed E-state index contributed by atoms with van der Waals surface area (Å²) in [4.78, 5) is 41.0. The Labute approximate surface area is 301 Å². The van der Waals surface area contributed by atoms with E-state index in [9.17, 15) is 29.7 Å². The fourth-order valence-electron chi connectivity index (χ4n) is 13.5. The van der Waals surface area contributed by atoms with Crippen LogP contribution >= 0.6 is 0 Å². The monoisotopic (exact) mass is 697 g/mol. The van der Waals surface area contributed by atoms with E-state index in [1.54, 1.807) is 13.8 Å². The second-order valence-corrected chi connectivity index (χ2v) is 20.1. The zero-order chi connectivity index (χ0) is 36.8. The molecule has 50 heavy (non-hydrogen) atoms. The standard InChI is InChI=1S/C42H67NO7/c1-25(2)34-28(45)21-42(31(46)24-43-20-10-11-26(44)23-43)19-18-40(8)27(35(34)42)12-13-30-39(7)16-15-32(50-33(47)22-37(3,4)36(48)49)38(5,6)29(39)14-17-41(30,40)9/h25-27,29-32,44,46H,10-24H2,1-9H3,(H,48,49)/t26?,27-,29+,30-,31-,32+,39+,40-,41-,42+/m1/s1. The first kappa shape index (κ1) is 38.0. The van der Waals surface area contributed by atoms with Crippen molar-refractivity contribution in [3.05, 3.63) is 11.1 Å². The van der Waals surface area contributed by atoms with Gasteiger partial charge in [-0.1, -0.05) is 54.0 Å². The average Bonchev–Trinajstić information content (AvgIpc) is 3.32. The van der Waals surface area contributed by atoms with Gasteiger partial charge in [-0.05, 0) is 130 Å². The minimum Gasteiger partial charge on any atom is -0.481 e. The highest BCUT2D eigenvalue weighted by molar-refractivity contribution is 6.00. The molecule has 0 aromatic heterocycles. The quantitative estimate of drug-likeness (QED) is 0.228. The smallest absolute Gasteiger partial charge is 0.309 e. The Morgan fingerprint density at radius 2 is 1.64 bits per heavy atom. The number of aliphatic carboxylic acids is 1. The van der Waals surface area contributed by atoms with Gasteiger partial charge in [0.05, 0.1) is 24.0 Å². The maximum atomic E-state index is 14.0. The molecule has 282 valence electrons. The van der Waals surface area contributed by atoms with Crippen molar-refractivity contribution in [3.63, 3.8) is 0 Å². The first-order valence-electron chi connectivity index (χ1n) is 19.9. The van der Waals surface area contributed by atoms with Crippen LogP contribution in [-0.4, -0.2) is 75.9 Å². The van der Waals surface area contributed by atoms with Crippen LogP contribution in [0.4, 0.5) is 0 Å². The summed E-state index contributed by atoms with van der Waals surface area (Å²) in [5.74, 6) is 0.0590. The molecule has 1 saturated heterocycles. The summed E-state index contributed by atoms with van der Waals surface area (Å²) < 4.78 is 6.16. The number of Topliss-reactive ketones (excluding diaryl/α,β-unsaturated/α-hetero) is 1. The van der Waals surface area contributed by atoms with Crippen molar-refractivity contribution in [2.45, 2.75) is 158 Å². The number of nitrogens with zero attached hydrogens (tertiary/aromatic N) is 1. The number of aliphatic hydroxyl groups is 2. The molecule has 0 amide bonds. The minimum absolute atomic E-state index is 0.00952. The maximum Gasteiger partial charge on any atom is 0.309 e. The maximum absolute atomic E-state index is 14.0. The minimum atomic E-state index is -1.16. The van der Waals surface area contributed by atoms with E-state index in [1.807, 2.05) is 0 Å². The lowest BCUT2D eigenvalue weighted by Crippen LogP contribution is -2.66. The summed E-state index contributed by atoms with van der Waals surface area (Å²) in [5, 5.41) is 32.2. The molecule has 6 aliphatic rings. The van der Waals surface area contributed by atoms with E-state index in [4.69, 9.17) is 4.74 Å². The number of piperidine rings is 1. The van der Waals surface area contributed by atoms with Crippen LogP contribution in [0.2, 0.25) is 0 Å². The summed E-state index contributed by atoms with van der Waals surface area (Å²) in [6.07, 6.45) is 8.63. The molecule has 5 aliphatic carbocycles. The Bertz CT molecular complexity index is 1420. The number of hydrogen-bond donors (Lipinski definition) is 3. The molecule has 1 aliphatic heterocycles. The van der Waals surface area contributed by atoms with Gasteiger partial charge in [0.25, 0.3) is 0 Å². The van der Waals surface area contributed by atoms with Crippen molar-refractivity contribution in [1.82, 2.24) is 4.90 Å². The average molecular weight is 698 g/mol. The number of ether oxygens (including phenoxy) is 1. The van der Waals surface area contributed by atoms with Crippen molar-refractivity contribution in [2.75, 3.05) is 19.6 Å². The van der Waals surface area contributed by atoms with Crippen LogP contribution in [0.3, 0.4) is 0 Å². The molecular formula is C42H67NO7. The second kappa shape index (κ2) is 12.7. The fourth-order valence-corrected chi connectivity index (χ4v) is 13.5. The van der Waals surface area contributed by atoms with E-state index < -0.39 is 28.9 Å². The van der Waals surface area contributed by atoms with Gasteiger partial charge in [0.2, 0.25) is 0 Å². The van der Waals surface area contributed by atoms with Crippen LogP contribution in [0.5, 0.6) is 0 Å². The van der Waals surface area contributed by atoms with Gasteiger partial charge in [-0.2, -0.15) is 0 Å². The molecule has 5 fully saturated rings. The van der Waals surface area contributed by atoms with Crippen molar-refractivity contribution < 1.29 is 34.4 Å². The summed E-state index contributed by atoms with van der Waals surface area (Å²) in [6.45, 7) is 21.6. The Morgan fingerprint density at radius 1 is 0.940 bits per heavy atom. The zero-order valence-electron chi connectivity index (χ0n) is 32.6. The zero-order valence-corrected chi connectivity index (χ0v) is 32.6. The summed E-state index contributed by atoms with van der Waals surface area (Å²) in [5.41, 5.74) is 0.478. The number of fused-ring (bicyclic) bond motifs is 7. The number of carbonyl (C=O) groups is 3. The second-order valence-electron chi connectivity index (χ2n) is 20.1. The van der Waals surface area contributed by atoms with Crippen molar-refractivity contribution in [2.24, 2.45) is 56.2 Å². The number of esters is 1. The summed E-state index contributed by atoms with van der Waals surface area (Å²) >= 11 is 0. The Balaban J connectivity index is 1.29. The lowest BCUT2D eigenvalue weighted by atomic mass is 9.33. The number of carboxylic acid groups (broad SMARTS) is 1. The van der Waals surface area contributed by atoms with Gasteiger partial charge >= 0.3 is 11.9 Å². The van der Waals surface area contributed by atoms with Crippen molar-refractivity contribution in [1.29, 1.82) is 0 Å². The highest BCUT2D eigenvalue weighted by Crippen LogP contribution is 2.77. The fraction of sp³-hybridized carbons (Fsp3) is 0.881. The topological polar surface area (TPSA) is 124 Å². The van der Waals surface area contributed by atoms with Crippen LogP contribution in [0.1, 0.15) is 139 Å². The lowest BCUT2D eigenvalue weighted by molar-refractivity contribution is -0.235. The molecule has 3 N–H and O–H groups in total. The van der Waals surface area contributed by atoms with Crippen LogP contribution in [0.25, 0.3) is 0 Å². The summed E-state index contributed by atoms with van der Waals surface area (Å²) in [7, 11) is 0. The lowest BCUT2D eigenvalue weighted by Gasteiger charge is -2.72. The number of hydrogen-bond acceptors (Lipinski definition) is 7. The van der Waals surface area contributed by atoms with Gasteiger partial charge in [0, 0.05) is 30.3 Å². The third-order valence-electron chi connectivity index (χ3n) is 16.4. The van der Waals surface area contributed by atoms with Gasteiger partial charge in [0.15, 0.2) is 5.78 Å². The molecule has 8 heteroatoms. The number of likely N-dealkylation sites (tertiary alicyclic amines) is 1. The molecule has 0 spiro atoms. The molecule has 1 unspecified atom stereocenters.